The molecule has 0 bridgehead atoms. The summed E-state index contributed by atoms with van der Waals surface area (Å²) in [5.74, 6) is -0.457. The van der Waals surface area contributed by atoms with Gasteiger partial charge in [-0.2, -0.15) is 40.2 Å². The Bertz CT molecular complexity index is 923. The number of hydrogen-bond donors (Lipinski definition) is 0. The Morgan fingerprint density at radius 3 is 2.11 bits per heavy atom. The average Bonchev–Trinajstić information content (AvgIpc) is 3.33. The van der Waals surface area contributed by atoms with E-state index in [-0.39, 0.29) is 5.69 Å². The molecule has 0 aliphatic carbocycles. The normalized spacial score (nSPS) is 12.5. The molecule has 27 heavy (non-hydrogen) atoms. The lowest BCUT2D eigenvalue weighted by atomic mass is 10.2. The highest BCUT2D eigenvalue weighted by atomic mass is 32.1. The van der Waals surface area contributed by atoms with Crippen LogP contribution in [0.15, 0.2) is 61.8 Å². The van der Waals surface area contributed by atoms with Gasteiger partial charge in [0.1, 0.15) is 5.69 Å². The molecule has 9 heteroatoms. The monoisotopic (exact) mass is 412 g/mol. The summed E-state index contributed by atoms with van der Waals surface area (Å²) in [5.41, 5.74) is 2.03. The van der Waals surface area contributed by atoms with E-state index in [0.717, 1.165) is 17.2 Å². The van der Waals surface area contributed by atoms with Gasteiger partial charge in [-0.1, -0.05) is 0 Å². The quantitative estimate of drug-likeness (QED) is 0.320. The second-order valence-corrected chi connectivity index (χ2v) is 6.81. The predicted octanol–water partition coefficient (Wildman–Crippen LogP) is 6.55. The minimum absolute atomic E-state index is 0.0264. The summed E-state index contributed by atoms with van der Waals surface area (Å²) in [6, 6.07) is 7.58. The van der Waals surface area contributed by atoms with Crippen LogP contribution in [0.25, 0.3) is 0 Å². The van der Waals surface area contributed by atoms with Crippen LogP contribution in [0.5, 0.6) is 5.75 Å². The van der Waals surface area contributed by atoms with Crippen LogP contribution < -0.4 is 4.74 Å². The second kappa shape index (κ2) is 8.45. The molecular formula is C18H12F4N2OS2. The highest BCUT2D eigenvalue weighted by Gasteiger charge is 2.44. The van der Waals surface area contributed by atoms with Gasteiger partial charge in [0, 0.05) is 23.6 Å². The first-order chi connectivity index (χ1) is 12.9. The van der Waals surface area contributed by atoms with Crippen molar-refractivity contribution >= 4 is 46.5 Å². The van der Waals surface area contributed by atoms with Crippen LogP contribution in [0, 0.1) is 0 Å². The van der Waals surface area contributed by atoms with Crippen molar-refractivity contribution in [2.75, 3.05) is 0 Å². The van der Waals surface area contributed by atoms with Crippen molar-refractivity contribution in [3.8, 4) is 5.75 Å². The van der Waals surface area contributed by atoms with Gasteiger partial charge >= 0.3 is 12.5 Å². The number of rotatable bonds is 7. The van der Waals surface area contributed by atoms with Crippen molar-refractivity contribution in [2.45, 2.75) is 12.5 Å². The molecule has 0 saturated carbocycles. The van der Waals surface area contributed by atoms with Gasteiger partial charge in [-0.05, 0) is 51.9 Å². The fourth-order valence-electron chi connectivity index (χ4n) is 1.95. The average molecular weight is 412 g/mol. The molecule has 0 unspecified atom stereocenters. The Hall–Kier alpha value is -2.52. The molecule has 0 amide bonds. The van der Waals surface area contributed by atoms with Crippen LogP contribution >= 0.6 is 22.7 Å². The Labute approximate surface area is 160 Å². The third kappa shape index (κ3) is 5.24. The number of thiophene rings is 2. The summed E-state index contributed by atoms with van der Waals surface area (Å²) in [4.78, 5) is 8.35. The van der Waals surface area contributed by atoms with Gasteiger partial charge in [-0.15, -0.1) is 0 Å². The summed E-state index contributed by atoms with van der Waals surface area (Å²) >= 11 is 2.95. The van der Waals surface area contributed by atoms with Gasteiger partial charge in [0.25, 0.3) is 0 Å². The lowest BCUT2D eigenvalue weighted by molar-refractivity contribution is -0.252. The number of benzene rings is 1. The molecule has 0 N–H and O–H groups in total. The van der Waals surface area contributed by atoms with E-state index in [2.05, 4.69) is 14.7 Å². The SMILES string of the molecule is FC(F)C(F)(F)Oc1ccc(N=Cc2ccsc2)cc1N=Cc1ccsc1. The van der Waals surface area contributed by atoms with Gasteiger partial charge in [-0.3, -0.25) is 9.98 Å². The highest BCUT2D eigenvalue weighted by molar-refractivity contribution is 7.08. The fraction of sp³-hybridized carbons (Fsp3) is 0.111. The Kier molecular flexibility index (Phi) is 6.02. The zero-order chi connectivity index (χ0) is 19.3. The number of hydrogen-bond acceptors (Lipinski definition) is 5. The molecular weight excluding hydrogens is 400 g/mol. The second-order valence-electron chi connectivity index (χ2n) is 5.25. The number of alkyl halides is 4. The van der Waals surface area contributed by atoms with E-state index in [1.54, 1.807) is 17.7 Å². The maximum Gasteiger partial charge on any atom is 0.461 e. The third-order valence-corrected chi connectivity index (χ3v) is 4.65. The number of halogens is 4. The molecule has 140 valence electrons. The first-order valence-electron chi connectivity index (χ1n) is 7.55. The van der Waals surface area contributed by atoms with Crippen LogP contribution in [0.1, 0.15) is 11.1 Å². The van der Waals surface area contributed by atoms with Crippen LogP contribution in [-0.4, -0.2) is 25.0 Å². The van der Waals surface area contributed by atoms with E-state index in [1.165, 1.54) is 41.0 Å². The predicted molar refractivity (Wildman–Crippen MR) is 101 cm³/mol. The molecule has 2 aromatic heterocycles. The van der Waals surface area contributed by atoms with E-state index in [0.29, 0.717) is 5.69 Å². The summed E-state index contributed by atoms with van der Waals surface area (Å²) in [7, 11) is 0. The molecule has 3 rings (SSSR count). The number of aliphatic imine (C=N–C) groups is 2. The fourth-order valence-corrected chi connectivity index (χ4v) is 3.18. The molecule has 0 aliphatic rings. The van der Waals surface area contributed by atoms with Crippen molar-refractivity contribution in [3.63, 3.8) is 0 Å². The first-order valence-corrected chi connectivity index (χ1v) is 9.44. The molecule has 2 heterocycles. The molecule has 0 radical (unpaired) electrons. The van der Waals surface area contributed by atoms with Crippen molar-refractivity contribution in [1.82, 2.24) is 0 Å². The zero-order valence-electron chi connectivity index (χ0n) is 13.6. The number of ether oxygens (including phenoxy) is 1. The van der Waals surface area contributed by atoms with E-state index >= 15 is 0 Å². The standard InChI is InChI=1S/C18H12F4N2OS2/c19-17(20)18(21,22)25-16-2-1-14(23-8-12-3-5-26-10-12)7-15(16)24-9-13-4-6-27-11-13/h1-11,17H. The molecule has 0 saturated heterocycles. The third-order valence-electron chi connectivity index (χ3n) is 3.24. The summed E-state index contributed by atoms with van der Waals surface area (Å²) in [6.45, 7) is 0. The topological polar surface area (TPSA) is 34.0 Å². The maximum atomic E-state index is 13.3. The zero-order valence-corrected chi connectivity index (χ0v) is 15.2. The Balaban J connectivity index is 1.91. The van der Waals surface area contributed by atoms with E-state index in [1.807, 2.05) is 22.2 Å². The lowest BCUT2D eigenvalue weighted by Gasteiger charge is -2.18. The molecule has 0 aliphatic heterocycles. The van der Waals surface area contributed by atoms with Gasteiger partial charge in [0.2, 0.25) is 0 Å². The minimum atomic E-state index is -4.62. The molecule has 0 fully saturated rings. The summed E-state index contributed by atoms with van der Waals surface area (Å²) in [6.07, 6.45) is -5.53. The van der Waals surface area contributed by atoms with Crippen molar-refractivity contribution in [3.05, 3.63) is 63.0 Å². The molecule has 1 aromatic carbocycles. The molecule has 0 spiro atoms. The van der Waals surface area contributed by atoms with Gasteiger partial charge in [0.15, 0.2) is 5.75 Å². The minimum Gasteiger partial charge on any atom is -0.426 e. The smallest absolute Gasteiger partial charge is 0.426 e. The molecule has 3 aromatic rings. The summed E-state index contributed by atoms with van der Waals surface area (Å²) in [5, 5.41) is 7.41. The molecule has 0 atom stereocenters. The number of nitrogens with zero attached hydrogens (tertiary/aromatic N) is 2. The van der Waals surface area contributed by atoms with Gasteiger partial charge in [0.05, 0.1) is 5.69 Å². The van der Waals surface area contributed by atoms with Crippen LogP contribution in [0.4, 0.5) is 28.9 Å². The van der Waals surface area contributed by atoms with Crippen LogP contribution in [-0.2, 0) is 0 Å². The largest absolute Gasteiger partial charge is 0.461 e. The van der Waals surface area contributed by atoms with Crippen molar-refractivity contribution < 1.29 is 22.3 Å². The van der Waals surface area contributed by atoms with Gasteiger partial charge < -0.3 is 4.74 Å². The Morgan fingerprint density at radius 2 is 1.56 bits per heavy atom. The van der Waals surface area contributed by atoms with Crippen LogP contribution in [0.2, 0.25) is 0 Å². The van der Waals surface area contributed by atoms with E-state index in [4.69, 9.17) is 0 Å². The van der Waals surface area contributed by atoms with E-state index < -0.39 is 18.3 Å². The first kappa shape index (κ1) is 19.2. The van der Waals surface area contributed by atoms with Gasteiger partial charge in [-0.25, -0.2) is 0 Å². The van der Waals surface area contributed by atoms with Crippen LogP contribution in [0.3, 0.4) is 0 Å². The highest BCUT2D eigenvalue weighted by Crippen LogP contribution is 2.37. The van der Waals surface area contributed by atoms with Crippen molar-refractivity contribution in [2.24, 2.45) is 9.98 Å². The maximum absolute atomic E-state index is 13.3. The summed E-state index contributed by atoms with van der Waals surface area (Å²) < 4.78 is 55.8. The Morgan fingerprint density at radius 1 is 0.926 bits per heavy atom. The van der Waals surface area contributed by atoms with Crippen molar-refractivity contribution in [1.29, 1.82) is 0 Å². The van der Waals surface area contributed by atoms with E-state index in [9.17, 15) is 17.6 Å². The molecule has 3 nitrogen and oxygen atoms in total. The lowest BCUT2D eigenvalue weighted by Crippen LogP contribution is -2.33.